The maximum atomic E-state index is 12.5. The fraction of sp³-hybridized carbons (Fsp3) is 0.579. The largest absolute Gasteiger partial charge is 0.342 e. The lowest BCUT2D eigenvalue weighted by molar-refractivity contribution is -0.129. The minimum absolute atomic E-state index is 0.146. The summed E-state index contributed by atoms with van der Waals surface area (Å²) in [7, 11) is -3.27. The molecule has 0 saturated carbocycles. The van der Waals surface area contributed by atoms with Gasteiger partial charge in [0.15, 0.2) is 0 Å². The number of hydrogen-bond acceptors (Lipinski definition) is 4. The van der Waals surface area contributed by atoms with Crippen LogP contribution >= 0.6 is 0 Å². The van der Waals surface area contributed by atoms with E-state index >= 15 is 0 Å². The van der Waals surface area contributed by atoms with Crippen LogP contribution in [0.2, 0.25) is 0 Å². The van der Waals surface area contributed by atoms with Crippen LogP contribution in [0.3, 0.4) is 0 Å². The van der Waals surface area contributed by atoms with Crippen LogP contribution in [0.4, 0.5) is 5.69 Å². The van der Waals surface area contributed by atoms with Crippen molar-refractivity contribution >= 4 is 27.5 Å². The highest BCUT2D eigenvalue weighted by Crippen LogP contribution is 2.21. The molecule has 27 heavy (non-hydrogen) atoms. The van der Waals surface area contributed by atoms with Gasteiger partial charge in [-0.05, 0) is 43.4 Å². The van der Waals surface area contributed by atoms with E-state index in [4.69, 9.17) is 0 Å². The number of nitrogens with zero attached hydrogens (tertiary/aromatic N) is 2. The first kappa shape index (κ1) is 19.8. The molecule has 0 aliphatic carbocycles. The fourth-order valence-electron chi connectivity index (χ4n) is 3.66. The Hall–Kier alpha value is -1.93. The highest BCUT2D eigenvalue weighted by molar-refractivity contribution is 7.88. The Bertz CT molecular complexity index is 786. The number of anilines is 1. The number of carbonyl (C=O) groups is 2. The van der Waals surface area contributed by atoms with E-state index in [1.54, 1.807) is 12.1 Å². The molecule has 1 aromatic rings. The number of hydrogen-bond donors (Lipinski definition) is 1. The molecule has 0 unspecified atom stereocenters. The van der Waals surface area contributed by atoms with Crippen molar-refractivity contribution in [1.82, 2.24) is 9.21 Å². The summed E-state index contributed by atoms with van der Waals surface area (Å²) in [4.78, 5) is 26.6. The SMILES string of the molecule is CS(=O)(=O)N1CCC[C@H](C(=O)Nc2ccc(CC(=O)N3CCCC3)cc2)C1. The third kappa shape index (κ3) is 5.29. The molecular formula is C19H27N3O4S. The predicted molar refractivity (Wildman–Crippen MR) is 104 cm³/mol. The first-order valence-corrected chi connectivity index (χ1v) is 11.3. The number of benzene rings is 1. The molecule has 2 amide bonds. The van der Waals surface area contributed by atoms with Crippen molar-refractivity contribution in [3.63, 3.8) is 0 Å². The van der Waals surface area contributed by atoms with E-state index in [1.165, 1.54) is 10.6 Å². The van der Waals surface area contributed by atoms with Crippen molar-refractivity contribution in [3.8, 4) is 0 Å². The summed E-state index contributed by atoms with van der Waals surface area (Å²) in [5.41, 5.74) is 1.58. The Morgan fingerprint density at radius 3 is 2.37 bits per heavy atom. The van der Waals surface area contributed by atoms with E-state index < -0.39 is 10.0 Å². The zero-order chi connectivity index (χ0) is 19.4. The maximum Gasteiger partial charge on any atom is 0.228 e. The Morgan fingerprint density at radius 2 is 1.74 bits per heavy atom. The van der Waals surface area contributed by atoms with Crippen molar-refractivity contribution in [2.75, 3.05) is 37.8 Å². The number of piperidine rings is 1. The second-order valence-corrected chi connectivity index (χ2v) is 9.39. The Morgan fingerprint density at radius 1 is 1.07 bits per heavy atom. The quantitative estimate of drug-likeness (QED) is 0.821. The van der Waals surface area contributed by atoms with E-state index in [0.29, 0.717) is 31.5 Å². The predicted octanol–water partition coefficient (Wildman–Crippen LogP) is 1.46. The van der Waals surface area contributed by atoms with Gasteiger partial charge < -0.3 is 10.2 Å². The van der Waals surface area contributed by atoms with Crippen LogP contribution in [0, 0.1) is 5.92 Å². The Labute approximate surface area is 160 Å². The topological polar surface area (TPSA) is 86.8 Å². The molecule has 2 saturated heterocycles. The summed E-state index contributed by atoms with van der Waals surface area (Å²) < 4.78 is 24.8. The summed E-state index contributed by atoms with van der Waals surface area (Å²) >= 11 is 0. The van der Waals surface area contributed by atoms with Crippen LogP contribution in [0.1, 0.15) is 31.2 Å². The third-order valence-electron chi connectivity index (χ3n) is 5.26. The normalized spacial score (nSPS) is 21.2. The molecule has 2 fully saturated rings. The number of sulfonamides is 1. The van der Waals surface area contributed by atoms with E-state index in [0.717, 1.165) is 31.5 Å². The standard InChI is InChI=1S/C19H27N3O4S/c1-27(25,26)22-12-4-5-16(14-22)19(24)20-17-8-6-15(7-9-17)13-18(23)21-10-2-3-11-21/h6-9,16H,2-5,10-14H2,1H3,(H,20,24)/t16-/m0/s1. The molecule has 1 aromatic carbocycles. The van der Waals surface area contributed by atoms with Crippen molar-refractivity contribution < 1.29 is 18.0 Å². The van der Waals surface area contributed by atoms with Gasteiger partial charge >= 0.3 is 0 Å². The molecule has 2 heterocycles. The van der Waals surface area contributed by atoms with Gasteiger partial charge in [-0.2, -0.15) is 0 Å². The number of rotatable bonds is 5. The van der Waals surface area contributed by atoms with Gasteiger partial charge in [-0.1, -0.05) is 12.1 Å². The van der Waals surface area contributed by atoms with Crippen LogP contribution in [0.15, 0.2) is 24.3 Å². The average Bonchev–Trinajstić information content (AvgIpc) is 3.17. The highest BCUT2D eigenvalue weighted by Gasteiger charge is 2.30. The Balaban J connectivity index is 1.54. The molecule has 2 aliphatic rings. The maximum absolute atomic E-state index is 12.5. The lowest BCUT2D eigenvalue weighted by Gasteiger charge is -2.30. The van der Waals surface area contributed by atoms with Gasteiger partial charge in [-0.25, -0.2) is 12.7 Å². The van der Waals surface area contributed by atoms with Gasteiger partial charge in [0.1, 0.15) is 0 Å². The van der Waals surface area contributed by atoms with E-state index in [1.807, 2.05) is 17.0 Å². The molecule has 1 N–H and O–H groups in total. The third-order valence-corrected chi connectivity index (χ3v) is 6.53. The monoisotopic (exact) mass is 393 g/mol. The fourth-order valence-corrected chi connectivity index (χ4v) is 4.57. The minimum Gasteiger partial charge on any atom is -0.342 e. The van der Waals surface area contributed by atoms with Crippen molar-refractivity contribution in [3.05, 3.63) is 29.8 Å². The average molecular weight is 394 g/mol. The molecule has 1 atom stereocenters. The van der Waals surface area contributed by atoms with Gasteiger partial charge in [-0.15, -0.1) is 0 Å². The van der Waals surface area contributed by atoms with Crippen LogP contribution in [-0.4, -0.2) is 61.9 Å². The van der Waals surface area contributed by atoms with Crippen molar-refractivity contribution in [2.45, 2.75) is 32.1 Å². The summed E-state index contributed by atoms with van der Waals surface area (Å²) in [6.45, 7) is 2.40. The van der Waals surface area contributed by atoms with E-state index in [-0.39, 0.29) is 24.3 Å². The van der Waals surface area contributed by atoms with Gasteiger partial charge in [0.05, 0.1) is 18.6 Å². The first-order chi connectivity index (χ1) is 12.8. The second kappa shape index (κ2) is 8.39. The minimum atomic E-state index is -3.27. The molecule has 7 nitrogen and oxygen atoms in total. The number of likely N-dealkylation sites (tertiary alicyclic amines) is 1. The number of carbonyl (C=O) groups excluding carboxylic acids is 2. The van der Waals surface area contributed by atoms with Crippen LogP contribution < -0.4 is 5.32 Å². The number of amides is 2. The van der Waals surface area contributed by atoms with Gasteiger partial charge in [-0.3, -0.25) is 9.59 Å². The van der Waals surface area contributed by atoms with E-state index in [9.17, 15) is 18.0 Å². The molecule has 148 valence electrons. The zero-order valence-electron chi connectivity index (χ0n) is 15.7. The Kier molecular flexibility index (Phi) is 6.16. The zero-order valence-corrected chi connectivity index (χ0v) is 16.5. The van der Waals surface area contributed by atoms with E-state index in [2.05, 4.69) is 5.32 Å². The molecule has 2 aliphatic heterocycles. The molecule has 0 radical (unpaired) electrons. The molecule has 8 heteroatoms. The lowest BCUT2D eigenvalue weighted by Crippen LogP contribution is -2.43. The molecule has 0 aromatic heterocycles. The summed E-state index contributed by atoms with van der Waals surface area (Å²) in [5.74, 6) is -0.360. The molecule has 0 bridgehead atoms. The molecule has 3 rings (SSSR count). The summed E-state index contributed by atoms with van der Waals surface area (Å²) in [6, 6.07) is 7.30. The van der Waals surface area contributed by atoms with Gasteiger partial charge in [0.25, 0.3) is 0 Å². The first-order valence-electron chi connectivity index (χ1n) is 9.45. The van der Waals surface area contributed by atoms with Gasteiger partial charge in [0.2, 0.25) is 21.8 Å². The second-order valence-electron chi connectivity index (χ2n) is 7.41. The summed E-state index contributed by atoms with van der Waals surface area (Å²) in [5, 5.41) is 2.86. The summed E-state index contributed by atoms with van der Waals surface area (Å²) in [6.07, 6.45) is 5.07. The smallest absolute Gasteiger partial charge is 0.228 e. The lowest BCUT2D eigenvalue weighted by atomic mass is 9.98. The molecule has 0 spiro atoms. The highest BCUT2D eigenvalue weighted by atomic mass is 32.2. The van der Waals surface area contributed by atoms with Crippen molar-refractivity contribution in [1.29, 1.82) is 0 Å². The van der Waals surface area contributed by atoms with Crippen LogP contribution in [0.25, 0.3) is 0 Å². The van der Waals surface area contributed by atoms with Crippen LogP contribution in [-0.2, 0) is 26.0 Å². The van der Waals surface area contributed by atoms with Gasteiger partial charge in [0, 0.05) is 31.9 Å². The van der Waals surface area contributed by atoms with Crippen LogP contribution in [0.5, 0.6) is 0 Å². The molecular weight excluding hydrogens is 366 g/mol. The number of nitrogens with one attached hydrogen (secondary N) is 1. The van der Waals surface area contributed by atoms with Crippen molar-refractivity contribution in [2.24, 2.45) is 5.92 Å².